The van der Waals surface area contributed by atoms with Gasteiger partial charge >= 0.3 is 0 Å². The number of rotatable bonds is 6. The summed E-state index contributed by atoms with van der Waals surface area (Å²) in [4.78, 5) is 19.1. The Kier molecular flexibility index (Phi) is 6.92. The van der Waals surface area contributed by atoms with Gasteiger partial charge in [0, 0.05) is 65.0 Å². The topological polar surface area (TPSA) is 36.0 Å². The fourth-order valence-electron chi connectivity index (χ4n) is 3.86. The van der Waals surface area contributed by atoms with Gasteiger partial charge in [-0.05, 0) is 43.9 Å². The minimum absolute atomic E-state index is 0.232. The van der Waals surface area contributed by atoms with Crippen molar-refractivity contribution in [2.75, 3.05) is 57.8 Å². The molecule has 2 saturated heterocycles. The summed E-state index contributed by atoms with van der Waals surface area (Å²) >= 11 is 0. The van der Waals surface area contributed by atoms with Crippen LogP contribution in [0.5, 0.6) is 0 Å². The smallest absolute Gasteiger partial charge is 0.223 e. The van der Waals surface area contributed by atoms with Crippen molar-refractivity contribution in [2.45, 2.75) is 38.7 Å². The summed E-state index contributed by atoms with van der Waals surface area (Å²) in [5.41, 5.74) is 2.62. The zero-order valence-corrected chi connectivity index (χ0v) is 16.3. The van der Waals surface area contributed by atoms with E-state index < -0.39 is 0 Å². The number of hydrogen-bond acceptors (Lipinski definition) is 4. The molecule has 144 valence electrons. The Morgan fingerprint density at radius 3 is 2.73 bits per heavy atom. The first-order valence-electron chi connectivity index (χ1n) is 10.0. The van der Waals surface area contributed by atoms with E-state index in [-0.39, 0.29) is 12.0 Å². The lowest BCUT2D eigenvalue weighted by Gasteiger charge is -2.36. The van der Waals surface area contributed by atoms with Gasteiger partial charge in [-0.2, -0.15) is 0 Å². The van der Waals surface area contributed by atoms with E-state index in [2.05, 4.69) is 41.0 Å². The Hall–Kier alpha value is -1.59. The number of piperazine rings is 1. The average Bonchev–Trinajstić information content (AvgIpc) is 2.67. The van der Waals surface area contributed by atoms with Crippen LogP contribution >= 0.6 is 0 Å². The van der Waals surface area contributed by atoms with Crippen LogP contribution in [0.1, 0.15) is 31.2 Å². The number of carbonyl (C=O) groups excluding carboxylic acids is 1. The van der Waals surface area contributed by atoms with Gasteiger partial charge in [0.15, 0.2) is 0 Å². The molecule has 26 heavy (non-hydrogen) atoms. The standard InChI is InChI=1S/C21H33N3O2/c1-18-6-5-7-19(16-18)24-13-11-23(12-14-24)10-9-21(25)22(2)17-20-8-3-4-15-26-20/h5-7,16,20H,3-4,8-15,17H2,1-2H3/t20-/m0/s1. The molecule has 0 aromatic heterocycles. The SMILES string of the molecule is Cc1cccc(N2CCN(CCC(=O)N(C)C[C@@H]3CCCCO3)CC2)c1. The first-order valence-corrected chi connectivity index (χ1v) is 10.0. The van der Waals surface area contributed by atoms with Crippen molar-refractivity contribution in [3.63, 3.8) is 0 Å². The third-order valence-corrected chi connectivity index (χ3v) is 5.56. The number of likely N-dealkylation sites (N-methyl/N-ethyl adjacent to an activating group) is 1. The largest absolute Gasteiger partial charge is 0.376 e. The summed E-state index contributed by atoms with van der Waals surface area (Å²) in [5.74, 6) is 0.236. The summed E-state index contributed by atoms with van der Waals surface area (Å²) < 4.78 is 5.75. The van der Waals surface area contributed by atoms with Crippen LogP contribution in [0.15, 0.2) is 24.3 Å². The first kappa shape index (κ1) is 19.2. The molecule has 1 aromatic rings. The predicted molar refractivity (Wildman–Crippen MR) is 106 cm³/mol. The molecule has 0 unspecified atom stereocenters. The zero-order valence-electron chi connectivity index (χ0n) is 16.3. The van der Waals surface area contributed by atoms with Crippen molar-refractivity contribution in [1.82, 2.24) is 9.80 Å². The predicted octanol–water partition coefficient (Wildman–Crippen LogP) is 2.53. The number of anilines is 1. The monoisotopic (exact) mass is 359 g/mol. The van der Waals surface area contributed by atoms with Crippen LogP contribution in [0.3, 0.4) is 0 Å². The van der Waals surface area contributed by atoms with E-state index in [1.807, 2.05) is 11.9 Å². The minimum Gasteiger partial charge on any atom is -0.376 e. The molecular formula is C21H33N3O2. The quantitative estimate of drug-likeness (QED) is 0.782. The highest BCUT2D eigenvalue weighted by molar-refractivity contribution is 5.76. The van der Waals surface area contributed by atoms with E-state index >= 15 is 0 Å². The highest BCUT2D eigenvalue weighted by atomic mass is 16.5. The van der Waals surface area contributed by atoms with Crippen LogP contribution in [0, 0.1) is 6.92 Å². The Labute approximate surface area is 157 Å². The number of nitrogens with zero attached hydrogens (tertiary/aromatic N) is 3. The van der Waals surface area contributed by atoms with Crippen molar-refractivity contribution in [3.05, 3.63) is 29.8 Å². The van der Waals surface area contributed by atoms with E-state index in [4.69, 9.17) is 4.74 Å². The number of aryl methyl sites for hydroxylation is 1. The van der Waals surface area contributed by atoms with Gasteiger partial charge in [-0.25, -0.2) is 0 Å². The van der Waals surface area contributed by atoms with Gasteiger partial charge in [0.1, 0.15) is 0 Å². The van der Waals surface area contributed by atoms with Gasteiger partial charge in [0.25, 0.3) is 0 Å². The molecule has 0 saturated carbocycles. The summed E-state index contributed by atoms with van der Waals surface area (Å²) in [6, 6.07) is 8.71. The molecule has 2 fully saturated rings. The third kappa shape index (κ3) is 5.45. The second kappa shape index (κ2) is 9.38. The molecule has 0 spiro atoms. The van der Waals surface area contributed by atoms with Crippen LogP contribution in [0.4, 0.5) is 5.69 Å². The van der Waals surface area contributed by atoms with Crippen molar-refractivity contribution in [2.24, 2.45) is 0 Å². The lowest BCUT2D eigenvalue weighted by atomic mass is 10.1. The van der Waals surface area contributed by atoms with Crippen molar-refractivity contribution in [3.8, 4) is 0 Å². The fourth-order valence-corrected chi connectivity index (χ4v) is 3.86. The van der Waals surface area contributed by atoms with E-state index in [0.717, 1.165) is 58.7 Å². The number of amides is 1. The van der Waals surface area contributed by atoms with E-state index in [1.165, 1.54) is 17.7 Å². The van der Waals surface area contributed by atoms with Gasteiger partial charge in [0.2, 0.25) is 5.91 Å². The molecule has 0 N–H and O–H groups in total. The molecule has 2 heterocycles. The number of ether oxygens (including phenoxy) is 1. The Balaban J connectivity index is 1.37. The summed E-state index contributed by atoms with van der Waals surface area (Å²) in [7, 11) is 1.91. The van der Waals surface area contributed by atoms with Gasteiger partial charge < -0.3 is 14.5 Å². The third-order valence-electron chi connectivity index (χ3n) is 5.56. The zero-order chi connectivity index (χ0) is 18.4. The molecule has 0 aliphatic carbocycles. The van der Waals surface area contributed by atoms with Crippen molar-refractivity contribution in [1.29, 1.82) is 0 Å². The first-order chi connectivity index (χ1) is 12.6. The van der Waals surface area contributed by atoms with Crippen LogP contribution < -0.4 is 4.90 Å². The summed E-state index contributed by atoms with van der Waals surface area (Å²) in [6.07, 6.45) is 4.29. The maximum atomic E-state index is 12.4. The lowest BCUT2D eigenvalue weighted by molar-refractivity contribution is -0.132. The molecule has 2 aliphatic heterocycles. The number of hydrogen-bond donors (Lipinski definition) is 0. The maximum Gasteiger partial charge on any atom is 0.223 e. The van der Waals surface area contributed by atoms with Crippen molar-refractivity contribution >= 4 is 11.6 Å². The molecule has 0 bridgehead atoms. The number of benzene rings is 1. The van der Waals surface area contributed by atoms with Gasteiger partial charge in [-0.15, -0.1) is 0 Å². The minimum atomic E-state index is 0.232. The van der Waals surface area contributed by atoms with Gasteiger partial charge in [0.05, 0.1) is 6.10 Å². The summed E-state index contributed by atoms with van der Waals surface area (Å²) in [5, 5.41) is 0. The second-order valence-corrected chi connectivity index (χ2v) is 7.68. The molecular weight excluding hydrogens is 326 g/mol. The van der Waals surface area contributed by atoms with Crippen LogP contribution in [-0.2, 0) is 9.53 Å². The van der Waals surface area contributed by atoms with E-state index in [9.17, 15) is 4.79 Å². The average molecular weight is 360 g/mol. The molecule has 1 atom stereocenters. The van der Waals surface area contributed by atoms with Crippen LogP contribution in [-0.4, -0.2) is 74.7 Å². The molecule has 3 rings (SSSR count). The molecule has 5 nitrogen and oxygen atoms in total. The van der Waals surface area contributed by atoms with Crippen molar-refractivity contribution < 1.29 is 9.53 Å². The van der Waals surface area contributed by atoms with E-state index in [0.29, 0.717) is 6.42 Å². The highest BCUT2D eigenvalue weighted by Gasteiger charge is 2.21. The molecule has 5 heteroatoms. The summed E-state index contributed by atoms with van der Waals surface area (Å²) in [6.45, 7) is 8.69. The normalized spacial score (nSPS) is 21.6. The Morgan fingerprint density at radius 1 is 1.23 bits per heavy atom. The van der Waals surface area contributed by atoms with E-state index in [1.54, 1.807) is 0 Å². The van der Waals surface area contributed by atoms with Gasteiger partial charge in [-0.1, -0.05) is 12.1 Å². The maximum absolute atomic E-state index is 12.4. The highest BCUT2D eigenvalue weighted by Crippen LogP contribution is 2.18. The van der Waals surface area contributed by atoms with Crippen LogP contribution in [0.25, 0.3) is 0 Å². The molecule has 2 aliphatic rings. The molecule has 1 aromatic carbocycles. The lowest BCUT2D eigenvalue weighted by Crippen LogP contribution is -2.47. The second-order valence-electron chi connectivity index (χ2n) is 7.68. The Bertz CT molecular complexity index is 578. The van der Waals surface area contributed by atoms with Gasteiger partial charge in [-0.3, -0.25) is 9.69 Å². The molecule has 1 amide bonds. The fraction of sp³-hybridized carbons (Fsp3) is 0.667. The van der Waals surface area contributed by atoms with Crippen LogP contribution in [0.2, 0.25) is 0 Å². The molecule has 0 radical (unpaired) electrons. The number of carbonyl (C=O) groups is 1. The Morgan fingerprint density at radius 2 is 2.04 bits per heavy atom.